The zero-order valence-corrected chi connectivity index (χ0v) is 77.1. The Hall–Kier alpha value is -2.94. The number of hydrogen-bond acceptors (Lipinski definition) is 13. The molecule has 0 amide bonds. The maximum atomic E-state index is 11.5. The van der Waals surface area contributed by atoms with Gasteiger partial charge in [-0.3, -0.25) is 29.3 Å². The molecule has 0 spiro atoms. The van der Waals surface area contributed by atoms with Crippen molar-refractivity contribution in [3.8, 4) is 46.1 Å². The van der Waals surface area contributed by atoms with Crippen LogP contribution in [0.15, 0.2) is 29.6 Å². The first-order valence-electron chi connectivity index (χ1n) is 27.7. The van der Waals surface area contributed by atoms with Crippen molar-refractivity contribution in [2.24, 2.45) is 7.05 Å². The van der Waals surface area contributed by atoms with E-state index in [0.717, 1.165) is 127 Å². The maximum Gasteiger partial charge on any atom is 2.00 e. The molecule has 0 radical (unpaired) electrons. The predicted molar refractivity (Wildman–Crippen MR) is 390 cm³/mol. The Balaban J connectivity index is -0.0000000785. The van der Waals surface area contributed by atoms with Crippen molar-refractivity contribution in [2.45, 2.75) is 180 Å². The molecule has 8 rings (SSSR count). The van der Waals surface area contributed by atoms with E-state index in [9.17, 15) is 9.36 Å². The summed E-state index contributed by atoms with van der Waals surface area (Å²) in [5, 5.41) is -1.69. The minimum absolute atomic E-state index is 0. The van der Waals surface area contributed by atoms with Gasteiger partial charge in [-0.2, -0.15) is 55.4 Å². The van der Waals surface area contributed by atoms with Crippen LogP contribution in [-0.4, -0.2) is 84.7 Å². The number of aromatic nitrogens is 16. The third kappa shape index (κ3) is 35.4. The van der Waals surface area contributed by atoms with Crippen molar-refractivity contribution < 1.29 is 94.5 Å². The summed E-state index contributed by atoms with van der Waals surface area (Å²) in [6, 6.07) is 0. The molecule has 8 aromatic rings. The number of aromatic amines is 4. The van der Waals surface area contributed by atoms with Gasteiger partial charge in [0.1, 0.15) is 27.9 Å². The molecule has 0 bridgehead atoms. The topological polar surface area (TPSA) is 244 Å². The first-order chi connectivity index (χ1) is 39.3. The Bertz CT molecular complexity index is 3280. The Morgan fingerprint density at radius 1 is 0.500 bits per heavy atom. The number of aryl methyl sites for hydroxylation is 9. The Morgan fingerprint density at radius 3 is 1.16 bits per heavy atom. The largest absolute Gasteiger partial charge is 2.00 e. The van der Waals surface area contributed by atoms with Gasteiger partial charge in [0.2, 0.25) is 0 Å². The van der Waals surface area contributed by atoms with Gasteiger partial charge in [-0.05, 0) is 137 Å². The Morgan fingerprint density at radius 2 is 0.837 bits per heavy atom. The molecule has 0 aliphatic heterocycles. The van der Waals surface area contributed by atoms with Gasteiger partial charge in [-0.15, -0.1) is 0 Å². The van der Waals surface area contributed by atoms with Crippen LogP contribution in [0.3, 0.4) is 0 Å². The molecular formula is C64H110BrCl4N16O2PW4. The molecule has 0 saturated heterocycles. The normalized spacial score (nSPS) is 9.16. The van der Waals surface area contributed by atoms with E-state index in [1.807, 2.05) is 158 Å². The molecule has 4 N–H and O–H groups in total. The van der Waals surface area contributed by atoms with E-state index in [2.05, 4.69) is 157 Å². The van der Waals surface area contributed by atoms with Crippen LogP contribution < -0.4 is 5.56 Å². The average Bonchev–Trinajstić information content (AvgIpc) is 1.66. The summed E-state index contributed by atoms with van der Waals surface area (Å²) in [6.45, 7) is 49.9. The molecule has 28 heteroatoms. The van der Waals surface area contributed by atoms with Crippen LogP contribution in [0, 0.1) is 116 Å². The van der Waals surface area contributed by atoms with Crippen LogP contribution in [0.4, 0.5) is 0 Å². The fourth-order valence-corrected chi connectivity index (χ4v) is 6.83. The predicted octanol–water partition coefficient (Wildman–Crippen LogP) is 20.7. The van der Waals surface area contributed by atoms with E-state index >= 15 is 0 Å². The monoisotopic (exact) mass is 2120 g/mol. The molecule has 0 fully saturated rings. The van der Waals surface area contributed by atoms with Gasteiger partial charge in [0.15, 0.2) is 23.3 Å². The second-order valence-electron chi connectivity index (χ2n) is 18.8. The van der Waals surface area contributed by atoms with Crippen molar-refractivity contribution in [3.63, 3.8) is 0 Å². The minimum atomic E-state index is -3.22. The number of halogens is 5. The molecule has 0 aromatic carbocycles. The second-order valence-corrected chi connectivity index (χ2v) is 26.9. The van der Waals surface area contributed by atoms with Crippen LogP contribution in [0.1, 0.15) is 196 Å². The van der Waals surface area contributed by atoms with Gasteiger partial charge in [0.25, 0.3) is 5.56 Å². The third-order valence-corrected chi connectivity index (χ3v) is 11.7. The molecule has 8 aromatic heterocycles. The maximum absolute atomic E-state index is 11.5. The molecule has 18 nitrogen and oxygen atoms in total. The van der Waals surface area contributed by atoms with Gasteiger partial charge in [-0.25, -0.2) is 34.9 Å². The number of hydrogen-bond donors (Lipinski definition) is 4. The van der Waals surface area contributed by atoms with Gasteiger partial charge in [-0.1, -0.05) is 82.9 Å². The summed E-state index contributed by atoms with van der Waals surface area (Å²) < 4.78 is 11.6. The van der Waals surface area contributed by atoms with E-state index in [-0.39, 0.29) is 125 Å². The van der Waals surface area contributed by atoms with Crippen molar-refractivity contribution >= 4 is 66.5 Å². The van der Waals surface area contributed by atoms with Crippen molar-refractivity contribution in [3.05, 3.63) is 173 Å². The molecule has 0 aliphatic rings. The smallest absolute Gasteiger partial charge is 0.371 e. The zero-order valence-electron chi connectivity index (χ0n) is 59.9. The van der Waals surface area contributed by atoms with E-state index in [1.165, 1.54) is 5.92 Å². The standard InChI is InChI=1S/C15H21N4.C13H17N4.C12H14ClN4.C12H15N4O.C2H5Br.3C2H6.4CH3.Cl3OP.4W.4H2/c1-7-12-10(4)8-16-14(17-12)13-11(5)19(6)15(18-13)9(2)3;1-7(2)12-16-10(5)11(17-12)13-14-6-8(3)9(4)15-13;1-6(2)11-15-8(4)9(16-11)12-14-5-7(3)10(13)17-12;1-6(2)10-14-8(4)9(15-10)11-13-5-7(3)12(17)16-11;1-2-3;3*1-2;;;;;1-5(2,3)4;;;;;;;;/h8H,7H2,1-6H3;6H,1-5H3,(H,16,17);5H,1-4H3,(H,15,16);5H,1-4H3,(H,14,15)(H,13,16,17);2H2,1H3;3*1-2H3;4*1H3;;;;;;4*1H/q4*-1;;;;;4*-1;;4*+2;;;;/i;;;;;;;;;;;;;;;;;4*1+1. The second kappa shape index (κ2) is 54.1. The minimum Gasteiger partial charge on any atom is -0.371 e. The number of alkyl halides is 1. The average molecular weight is 2130 g/mol. The van der Waals surface area contributed by atoms with Crippen LogP contribution in [0.5, 0.6) is 0 Å². The van der Waals surface area contributed by atoms with Crippen LogP contribution in [0.2, 0.25) is 5.15 Å². The van der Waals surface area contributed by atoms with Crippen molar-refractivity contribution in [1.82, 2.24) is 79.3 Å². The first-order valence-corrected chi connectivity index (χ1v) is 33.6. The third-order valence-electron chi connectivity index (χ3n) is 11.3. The molecule has 0 saturated carbocycles. The van der Waals surface area contributed by atoms with E-state index < -0.39 is 5.20 Å². The van der Waals surface area contributed by atoms with Crippen molar-refractivity contribution in [2.75, 3.05) is 5.33 Å². The molecule has 0 aliphatic carbocycles. The van der Waals surface area contributed by atoms with Gasteiger partial charge < -0.3 is 77.9 Å². The summed E-state index contributed by atoms with van der Waals surface area (Å²) in [5.41, 5.74) is 12.8. The molecule has 92 heavy (non-hydrogen) atoms. The summed E-state index contributed by atoms with van der Waals surface area (Å²) >= 11 is 23.0. The van der Waals surface area contributed by atoms with Crippen LogP contribution >= 0.6 is 66.5 Å². The number of imidazole rings is 4. The zero-order chi connectivity index (χ0) is 65.1. The molecule has 8 heterocycles. The summed E-state index contributed by atoms with van der Waals surface area (Å²) in [5.74, 6) is 10.6. The van der Waals surface area contributed by atoms with Gasteiger partial charge >= 0.3 is 89.5 Å². The molecular weight excluding hydrogens is 2010 g/mol. The molecule has 522 valence electrons. The first kappa shape index (κ1) is 108. The number of H-pyrrole nitrogens is 4. The number of nitrogens with zero attached hydrogens (tertiary/aromatic N) is 12. The fraction of sp³-hybridized carbons (Fsp3) is 0.438. The Kier molecular flexibility index (Phi) is 63.4. The Labute approximate surface area is 645 Å². The summed E-state index contributed by atoms with van der Waals surface area (Å²) in [6.07, 6.45) is 7.91. The quantitative estimate of drug-likeness (QED) is 0.0455. The SMILES string of the molecule is CC.CC.CC.CCBr.CCc1nc(-c2nc([C-](C)C)n(C)c2C)ncc1C.Cc1[nH]c([C-](C)C)nc1-c1ncc(C)c(=O)[nH]1.Cc1cnc(-c2nc([C-](C)C)[nH]c2C)nc1C.Cc1cnc(-c2nc([C-](C)C)[nH]c2C)nc1Cl.O=P(Cl)(Cl)Cl.[2HH].[2HH].[2HH].[2HH].[CH3-].[CH3-].[CH3-].[CH3-].[W+2].[W+2].[W+2].[W+2]. The van der Waals surface area contributed by atoms with Crippen molar-refractivity contribution in [1.29, 1.82) is 0 Å². The van der Waals surface area contributed by atoms with Crippen LogP contribution in [-0.2, 0) is 102 Å². The summed E-state index contributed by atoms with van der Waals surface area (Å²) in [7, 11) is 2.03. The molecule has 0 atom stereocenters. The van der Waals surface area contributed by atoms with Gasteiger partial charge in [0, 0.05) is 88.2 Å². The van der Waals surface area contributed by atoms with E-state index in [0.29, 0.717) is 33.9 Å². The van der Waals surface area contributed by atoms with E-state index in [1.54, 1.807) is 19.3 Å². The number of nitrogens with one attached hydrogen (secondary N) is 4. The molecule has 0 unspecified atom stereocenters. The fourth-order valence-electron chi connectivity index (χ4n) is 6.70. The van der Waals surface area contributed by atoms with E-state index in [4.69, 9.17) is 11.6 Å². The van der Waals surface area contributed by atoms with Gasteiger partial charge in [0.05, 0.1) is 0 Å². The van der Waals surface area contributed by atoms with Crippen LogP contribution in [0.25, 0.3) is 46.1 Å². The summed E-state index contributed by atoms with van der Waals surface area (Å²) in [4.78, 5) is 72.6. The number of rotatable bonds is 9.